The van der Waals surface area contributed by atoms with Crippen molar-refractivity contribution in [1.29, 1.82) is 0 Å². The maximum absolute atomic E-state index is 12.7. The molecule has 0 radical (unpaired) electrons. The Morgan fingerprint density at radius 3 is 2.32 bits per heavy atom. The zero-order chi connectivity index (χ0) is 20.5. The van der Waals surface area contributed by atoms with Gasteiger partial charge in [-0.15, -0.1) is 0 Å². The summed E-state index contributed by atoms with van der Waals surface area (Å²) in [6.07, 6.45) is 2.50. The molecule has 0 bridgehead atoms. The lowest BCUT2D eigenvalue weighted by Crippen LogP contribution is -2.45. The fraction of sp³-hybridized carbons (Fsp3) is 0.348. The maximum Gasteiger partial charge on any atom is 0.250 e. The topological polar surface area (TPSA) is 50.8 Å². The second-order valence-electron chi connectivity index (χ2n) is 7.80. The Labute approximate surface area is 167 Å². The van der Waals surface area contributed by atoms with Crippen LogP contribution in [0.25, 0.3) is 5.70 Å². The van der Waals surface area contributed by atoms with Gasteiger partial charge in [-0.05, 0) is 57.0 Å². The van der Waals surface area contributed by atoms with Crippen molar-refractivity contribution >= 4 is 17.3 Å². The molecule has 2 aromatic carbocycles. The number of fused-ring (bicyclic) bond motifs is 1. The third-order valence-corrected chi connectivity index (χ3v) is 5.36. The van der Waals surface area contributed by atoms with Gasteiger partial charge in [0.05, 0.1) is 19.9 Å². The number of amides is 1. The largest absolute Gasteiger partial charge is 0.493 e. The lowest BCUT2D eigenvalue weighted by Gasteiger charge is -2.44. The summed E-state index contributed by atoms with van der Waals surface area (Å²) in [5, 5.41) is 2.95. The Balaban J connectivity index is 2.02. The fourth-order valence-corrected chi connectivity index (χ4v) is 3.51. The summed E-state index contributed by atoms with van der Waals surface area (Å²) >= 11 is 0. The summed E-state index contributed by atoms with van der Waals surface area (Å²) in [5.41, 5.74) is 4.77. The van der Waals surface area contributed by atoms with Crippen molar-refractivity contribution in [3.63, 3.8) is 0 Å². The smallest absolute Gasteiger partial charge is 0.250 e. The lowest BCUT2D eigenvalue weighted by atomic mass is 9.83. The van der Waals surface area contributed by atoms with Crippen LogP contribution in [0.2, 0.25) is 0 Å². The van der Waals surface area contributed by atoms with Gasteiger partial charge < -0.3 is 19.7 Å². The van der Waals surface area contributed by atoms with Crippen molar-refractivity contribution in [2.45, 2.75) is 32.7 Å². The Kier molecular flexibility index (Phi) is 5.36. The standard InChI is InChI=1S/C23H28N2O3/c1-15-7-9-17(10-8-15)24-22(26)13-19-18-12-21(28-6)20(27-5)11-16(18)14-23(2,3)25(19)4/h7-13H,14H2,1-6H3,(H,24,26). The van der Waals surface area contributed by atoms with Gasteiger partial charge >= 0.3 is 0 Å². The van der Waals surface area contributed by atoms with Crippen LogP contribution in [-0.4, -0.2) is 37.6 Å². The molecule has 0 atom stereocenters. The molecule has 1 amide bonds. The van der Waals surface area contributed by atoms with E-state index in [0.717, 1.165) is 34.5 Å². The molecule has 0 spiro atoms. The van der Waals surface area contributed by atoms with Crippen LogP contribution in [0.5, 0.6) is 11.5 Å². The van der Waals surface area contributed by atoms with Crippen LogP contribution in [0.3, 0.4) is 0 Å². The van der Waals surface area contributed by atoms with E-state index < -0.39 is 0 Å². The number of ether oxygens (including phenoxy) is 2. The number of likely N-dealkylation sites (N-methyl/N-ethyl adjacent to an activating group) is 1. The number of hydrogen-bond donors (Lipinski definition) is 1. The average molecular weight is 380 g/mol. The van der Waals surface area contributed by atoms with Gasteiger partial charge in [-0.1, -0.05) is 17.7 Å². The molecule has 0 aliphatic carbocycles. The second-order valence-corrected chi connectivity index (χ2v) is 7.80. The molecule has 5 nitrogen and oxygen atoms in total. The Bertz CT molecular complexity index is 914. The highest BCUT2D eigenvalue weighted by molar-refractivity contribution is 6.04. The van der Waals surface area contributed by atoms with Gasteiger partial charge in [-0.2, -0.15) is 0 Å². The van der Waals surface area contributed by atoms with Gasteiger partial charge in [0.25, 0.3) is 0 Å². The molecule has 0 fully saturated rings. The monoisotopic (exact) mass is 380 g/mol. The first-order valence-electron chi connectivity index (χ1n) is 9.33. The minimum atomic E-state index is -0.163. The van der Waals surface area contributed by atoms with Gasteiger partial charge in [0.1, 0.15) is 0 Å². The highest BCUT2D eigenvalue weighted by Crippen LogP contribution is 2.42. The molecule has 0 saturated heterocycles. The van der Waals surface area contributed by atoms with Crippen molar-refractivity contribution in [2.24, 2.45) is 0 Å². The van der Waals surface area contributed by atoms with Gasteiger partial charge in [0.15, 0.2) is 11.5 Å². The first-order chi connectivity index (χ1) is 13.2. The van der Waals surface area contributed by atoms with E-state index in [-0.39, 0.29) is 11.4 Å². The lowest BCUT2D eigenvalue weighted by molar-refractivity contribution is -0.111. The number of aryl methyl sites for hydroxylation is 1. The van der Waals surface area contributed by atoms with E-state index in [1.165, 1.54) is 0 Å². The van der Waals surface area contributed by atoms with Crippen LogP contribution in [-0.2, 0) is 11.2 Å². The van der Waals surface area contributed by atoms with Gasteiger partial charge in [0, 0.05) is 29.9 Å². The van der Waals surface area contributed by atoms with Crippen molar-refractivity contribution in [1.82, 2.24) is 4.90 Å². The normalized spacial score (nSPS) is 16.5. The van der Waals surface area contributed by atoms with Crippen molar-refractivity contribution in [3.8, 4) is 11.5 Å². The molecule has 1 aliphatic rings. The molecule has 5 heteroatoms. The van der Waals surface area contributed by atoms with E-state index in [4.69, 9.17) is 9.47 Å². The number of anilines is 1. The highest BCUT2D eigenvalue weighted by atomic mass is 16.5. The average Bonchev–Trinajstić information content (AvgIpc) is 2.66. The molecular weight excluding hydrogens is 352 g/mol. The van der Waals surface area contributed by atoms with E-state index in [9.17, 15) is 4.79 Å². The maximum atomic E-state index is 12.7. The number of rotatable bonds is 4. The molecule has 28 heavy (non-hydrogen) atoms. The number of nitrogens with zero attached hydrogens (tertiary/aromatic N) is 1. The van der Waals surface area contributed by atoms with E-state index in [1.807, 2.05) is 50.4 Å². The van der Waals surface area contributed by atoms with E-state index in [2.05, 4.69) is 24.1 Å². The highest BCUT2D eigenvalue weighted by Gasteiger charge is 2.34. The van der Waals surface area contributed by atoms with Crippen LogP contribution < -0.4 is 14.8 Å². The Morgan fingerprint density at radius 1 is 1.11 bits per heavy atom. The number of carbonyl (C=O) groups is 1. The number of hydrogen-bond acceptors (Lipinski definition) is 4. The minimum absolute atomic E-state index is 0.136. The molecule has 1 heterocycles. The number of benzene rings is 2. The van der Waals surface area contributed by atoms with Crippen LogP contribution in [0.1, 0.15) is 30.5 Å². The Hall–Kier alpha value is -2.95. The van der Waals surface area contributed by atoms with Crippen molar-refractivity contribution < 1.29 is 14.3 Å². The number of carbonyl (C=O) groups excluding carboxylic acids is 1. The Morgan fingerprint density at radius 2 is 1.71 bits per heavy atom. The van der Waals surface area contributed by atoms with Gasteiger partial charge in [-0.3, -0.25) is 4.79 Å². The van der Waals surface area contributed by atoms with E-state index in [0.29, 0.717) is 11.5 Å². The molecule has 0 saturated carbocycles. The van der Waals surface area contributed by atoms with Crippen molar-refractivity contribution in [3.05, 3.63) is 59.2 Å². The third-order valence-electron chi connectivity index (χ3n) is 5.36. The summed E-state index contributed by atoms with van der Waals surface area (Å²) in [6, 6.07) is 11.7. The zero-order valence-electron chi connectivity index (χ0n) is 17.4. The quantitative estimate of drug-likeness (QED) is 0.806. The molecule has 1 aliphatic heterocycles. The van der Waals surface area contributed by atoms with E-state index >= 15 is 0 Å². The second kappa shape index (κ2) is 7.58. The SMILES string of the molecule is COc1cc2c(cc1OC)C(=CC(=O)Nc1ccc(C)cc1)N(C)C(C)(C)C2. The van der Waals surface area contributed by atoms with Gasteiger partial charge in [-0.25, -0.2) is 0 Å². The number of nitrogens with one attached hydrogen (secondary N) is 1. The van der Waals surface area contributed by atoms with Crippen molar-refractivity contribution in [2.75, 3.05) is 26.6 Å². The summed E-state index contributed by atoms with van der Waals surface area (Å²) in [5.74, 6) is 1.19. The molecule has 2 aromatic rings. The fourth-order valence-electron chi connectivity index (χ4n) is 3.51. The minimum Gasteiger partial charge on any atom is -0.493 e. The molecular formula is C23H28N2O3. The first-order valence-corrected chi connectivity index (χ1v) is 9.33. The summed E-state index contributed by atoms with van der Waals surface area (Å²) in [6.45, 7) is 6.35. The predicted octanol–water partition coefficient (Wildman–Crippen LogP) is 4.26. The van der Waals surface area contributed by atoms with E-state index in [1.54, 1.807) is 20.3 Å². The molecule has 0 aromatic heterocycles. The molecule has 3 rings (SSSR count). The molecule has 1 N–H and O–H groups in total. The summed E-state index contributed by atoms with van der Waals surface area (Å²) in [4.78, 5) is 14.9. The number of methoxy groups -OCH3 is 2. The summed E-state index contributed by atoms with van der Waals surface area (Å²) < 4.78 is 10.9. The molecule has 0 unspecified atom stereocenters. The van der Waals surface area contributed by atoms with Crippen LogP contribution >= 0.6 is 0 Å². The first kappa shape index (κ1) is 19.8. The zero-order valence-corrected chi connectivity index (χ0v) is 17.4. The van der Waals surface area contributed by atoms with Crippen LogP contribution in [0.4, 0.5) is 5.69 Å². The van der Waals surface area contributed by atoms with Crippen LogP contribution in [0, 0.1) is 6.92 Å². The molecule has 148 valence electrons. The third kappa shape index (κ3) is 3.84. The predicted molar refractivity (Wildman–Crippen MR) is 113 cm³/mol. The van der Waals surface area contributed by atoms with Crippen LogP contribution in [0.15, 0.2) is 42.5 Å². The van der Waals surface area contributed by atoms with Gasteiger partial charge in [0.2, 0.25) is 5.91 Å². The summed E-state index contributed by atoms with van der Waals surface area (Å²) in [7, 11) is 5.27.